The van der Waals surface area contributed by atoms with Gasteiger partial charge < -0.3 is 10.5 Å². The Balaban J connectivity index is 0.000000631. The number of hydrogen-bond acceptors (Lipinski definition) is 3. The lowest BCUT2D eigenvalue weighted by atomic mass is 9.93. The first-order chi connectivity index (χ1) is 16.0. The lowest BCUT2D eigenvalue weighted by Crippen LogP contribution is -2.26. The summed E-state index contributed by atoms with van der Waals surface area (Å²) >= 11 is 0. The van der Waals surface area contributed by atoms with Crippen molar-refractivity contribution in [2.24, 2.45) is 11.7 Å². The van der Waals surface area contributed by atoms with Gasteiger partial charge >= 0.3 is 12.8 Å². The van der Waals surface area contributed by atoms with E-state index in [1.54, 1.807) is 7.05 Å². The van der Waals surface area contributed by atoms with E-state index in [9.17, 15) is 22.0 Å². The van der Waals surface area contributed by atoms with Crippen molar-refractivity contribution in [3.63, 3.8) is 0 Å². The minimum absolute atomic E-state index is 0.290. The van der Waals surface area contributed by atoms with Crippen LogP contribution >= 0.6 is 0 Å². The van der Waals surface area contributed by atoms with Crippen LogP contribution in [0.4, 0.5) is 22.0 Å². The summed E-state index contributed by atoms with van der Waals surface area (Å²) in [5.41, 5.74) is 7.93. The van der Waals surface area contributed by atoms with Crippen molar-refractivity contribution in [3.05, 3.63) is 52.2 Å². The van der Waals surface area contributed by atoms with Gasteiger partial charge in [0.1, 0.15) is 5.75 Å². The van der Waals surface area contributed by atoms with E-state index in [-0.39, 0.29) is 0 Å². The molecule has 3 nitrogen and oxygen atoms in total. The largest absolute Gasteiger partial charge is 0.434 e. The monoisotopic (exact) mass is 490 g/mol. The average Bonchev–Trinajstić information content (AvgIpc) is 3.24. The minimum Gasteiger partial charge on any atom is -0.434 e. The van der Waals surface area contributed by atoms with Gasteiger partial charge in [-0.2, -0.15) is 22.0 Å². The predicted octanol–water partition coefficient (Wildman–Crippen LogP) is 8.09. The summed E-state index contributed by atoms with van der Waals surface area (Å²) in [6.07, 6.45) is 2.22. The lowest BCUT2D eigenvalue weighted by molar-refractivity contribution is -0.138. The zero-order chi connectivity index (χ0) is 26.1. The van der Waals surface area contributed by atoms with E-state index in [0.29, 0.717) is 30.3 Å². The molecule has 1 atom stereocenters. The molecule has 1 unspecified atom stereocenters. The van der Waals surface area contributed by atoms with Gasteiger partial charge in [0.15, 0.2) is 0 Å². The first-order valence-electron chi connectivity index (χ1n) is 12.0. The number of rotatable bonds is 5. The van der Waals surface area contributed by atoms with Gasteiger partial charge in [-0.1, -0.05) is 53.5 Å². The fraction of sp³-hybridized carbons (Fsp3) is 0.615. The summed E-state index contributed by atoms with van der Waals surface area (Å²) in [6, 6.07) is 2.32. The number of benzene rings is 1. The molecule has 0 amide bonds. The Morgan fingerprint density at radius 3 is 2.24 bits per heavy atom. The van der Waals surface area contributed by atoms with E-state index >= 15 is 0 Å². The molecule has 34 heavy (non-hydrogen) atoms. The Bertz CT molecular complexity index is 829. The van der Waals surface area contributed by atoms with Crippen LogP contribution in [0.15, 0.2) is 41.1 Å². The van der Waals surface area contributed by atoms with Gasteiger partial charge in [0, 0.05) is 17.8 Å². The molecule has 1 aliphatic carbocycles. The van der Waals surface area contributed by atoms with Gasteiger partial charge in [-0.05, 0) is 61.6 Å². The first-order valence-corrected chi connectivity index (χ1v) is 12.0. The van der Waals surface area contributed by atoms with Crippen LogP contribution < -0.4 is 10.5 Å². The third kappa shape index (κ3) is 8.00. The van der Waals surface area contributed by atoms with Crippen LogP contribution in [0.25, 0.3) is 0 Å². The summed E-state index contributed by atoms with van der Waals surface area (Å²) in [5, 5.41) is 0. The number of nitrogens with two attached hydrogens (primary N) is 1. The van der Waals surface area contributed by atoms with Crippen molar-refractivity contribution in [1.82, 2.24) is 4.90 Å². The molecule has 1 aromatic carbocycles. The second kappa shape index (κ2) is 13.7. The van der Waals surface area contributed by atoms with Crippen LogP contribution in [0.1, 0.15) is 83.9 Å². The van der Waals surface area contributed by atoms with E-state index in [0.717, 1.165) is 36.0 Å². The molecule has 0 aromatic heterocycles. The van der Waals surface area contributed by atoms with Crippen LogP contribution in [0, 0.1) is 5.92 Å². The van der Waals surface area contributed by atoms with Crippen LogP contribution in [0.2, 0.25) is 0 Å². The number of halogens is 5. The van der Waals surface area contributed by atoms with Crippen LogP contribution in [0.5, 0.6) is 5.75 Å². The second-order valence-corrected chi connectivity index (χ2v) is 8.41. The van der Waals surface area contributed by atoms with Crippen molar-refractivity contribution in [1.29, 1.82) is 0 Å². The highest BCUT2D eigenvalue weighted by molar-refractivity contribution is 5.49. The van der Waals surface area contributed by atoms with Gasteiger partial charge in [0.2, 0.25) is 0 Å². The quantitative estimate of drug-likeness (QED) is 0.424. The Kier molecular flexibility index (Phi) is 12.1. The Labute approximate surface area is 200 Å². The fourth-order valence-electron chi connectivity index (χ4n) is 3.98. The lowest BCUT2D eigenvalue weighted by Gasteiger charge is -2.30. The maximum absolute atomic E-state index is 13.0. The normalized spacial score (nSPS) is 18.5. The zero-order valence-electron chi connectivity index (χ0n) is 21.1. The molecule has 1 aromatic rings. The van der Waals surface area contributed by atoms with Gasteiger partial charge in [-0.15, -0.1) is 0 Å². The van der Waals surface area contributed by atoms with Crippen LogP contribution in [0.3, 0.4) is 0 Å². The third-order valence-electron chi connectivity index (χ3n) is 6.22. The Hall–Kier alpha value is -2.09. The maximum atomic E-state index is 13.0. The molecule has 2 N–H and O–H groups in total. The van der Waals surface area contributed by atoms with Crippen LogP contribution in [-0.4, -0.2) is 25.1 Å². The molecule has 0 radical (unpaired) electrons. The first kappa shape index (κ1) is 29.9. The van der Waals surface area contributed by atoms with E-state index in [1.807, 2.05) is 24.8 Å². The van der Waals surface area contributed by atoms with Crippen LogP contribution in [-0.2, 0) is 6.18 Å². The number of hydrogen-bond donors (Lipinski definition) is 1. The highest BCUT2D eigenvalue weighted by Crippen LogP contribution is 2.45. The topological polar surface area (TPSA) is 38.5 Å². The minimum atomic E-state index is -4.64. The number of nitrogens with zero attached hydrogens (tertiary/aromatic N) is 1. The molecule has 0 spiro atoms. The number of likely N-dealkylation sites (N-methyl/N-ethyl adjacent to an activating group) is 1. The molecule has 8 heteroatoms. The fourth-order valence-corrected chi connectivity index (χ4v) is 3.98. The number of ether oxygens (including phenoxy) is 1. The molecule has 0 saturated carbocycles. The van der Waals surface area contributed by atoms with E-state index in [2.05, 4.69) is 25.5 Å². The number of allylic oxidation sites excluding steroid dienone is 1. The van der Waals surface area contributed by atoms with Gasteiger partial charge in [-0.25, -0.2) is 0 Å². The molecule has 0 bridgehead atoms. The highest BCUT2D eigenvalue weighted by Gasteiger charge is 2.35. The molecule has 1 heterocycles. The maximum Gasteiger partial charge on any atom is 0.416 e. The predicted molar refractivity (Wildman–Crippen MR) is 128 cm³/mol. The molecule has 0 saturated heterocycles. The second-order valence-electron chi connectivity index (χ2n) is 8.41. The van der Waals surface area contributed by atoms with Gasteiger partial charge in [0.05, 0.1) is 11.6 Å². The summed E-state index contributed by atoms with van der Waals surface area (Å²) in [6.45, 7) is 7.98. The summed E-state index contributed by atoms with van der Waals surface area (Å²) in [7, 11) is 1.78. The average molecular weight is 491 g/mol. The summed E-state index contributed by atoms with van der Waals surface area (Å²) < 4.78 is 69.2. The van der Waals surface area contributed by atoms with Gasteiger partial charge in [0.25, 0.3) is 0 Å². The SMILES string of the molecule is CC.CCC(C)CC.CN1CC=C(N)C2=C(CCC2)C1c1ccc(C(F)(F)F)cc1OC(F)F. The Morgan fingerprint density at radius 2 is 1.74 bits per heavy atom. The molecule has 3 rings (SSSR count). The van der Waals surface area contributed by atoms with Crippen molar-refractivity contribution >= 4 is 0 Å². The van der Waals surface area contributed by atoms with E-state index < -0.39 is 30.1 Å². The summed E-state index contributed by atoms with van der Waals surface area (Å²) in [4.78, 5) is 1.88. The highest BCUT2D eigenvalue weighted by atomic mass is 19.4. The standard InChI is InChI=1S/C18H19F5N2O.C6H14.C2H6/c1-25-8-7-14(24)11-3-2-4-12(11)16(25)13-6-5-10(18(21,22)23)9-15(13)26-17(19)20;1-4-6(3)5-2;1-2/h5-7,9,16-17H,2-4,8,24H2,1H3;6H,4-5H2,1-3H3;1-2H3. The smallest absolute Gasteiger partial charge is 0.416 e. The molecule has 0 fully saturated rings. The molecule has 194 valence electrons. The number of alkyl halides is 5. The van der Waals surface area contributed by atoms with E-state index in [1.165, 1.54) is 18.9 Å². The summed E-state index contributed by atoms with van der Waals surface area (Å²) in [5.74, 6) is 0.482. The van der Waals surface area contributed by atoms with Crippen molar-refractivity contribution in [2.75, 3.05) is 13.6 Å². The van der Waals surface area contributed by atoms with Crippen molar-refractivity contribution in [3.8, 4) is 5.75 Å². The van der Waals surface area contributed by atoms with Crippen molar-refractivity contribution < 1.29 is 26.7 Å². The van der Waals surface area contributed by atoms with E-state index in [4.69, 9.17) is 5.73 Å². The third-order valence-corrected chi connectivity index (χ3v) is 6.22. The molecule has 1 aliphatic heterocycles. The van der Waals surface area contributed by atoms with Gasteiger partial charge in [-0.3, -0.25) is 4.90 Å². The Morgan fingerprint density at radius 1 is 1.12 bits per heavy atom. The molecular formula is C26H39F5N2O. The molecule has 2 aliphatic rings. The van der Waals surface area contributed by atoms with Crippen molar-refractivity contribution in [2.45, 2.75) is 85.6 Å². The molecular weight excluding hydrogens is 451 g/mol. The zero-order valence-corrected chi connectivity index (χ0v) is 21.1.